The van der Waals surface area contributed by atoms with Crippen LogP contribution in [0.25, 0.3) is 0 Å². The first kappa shape index (κ1) is 10.9. The van der Waals surface area contributed by atoms with E-state index in [4.69, 9.17) is 9.84 Å². The third-order valence-electron chi connectivity index (χ3n) is 1.91. The molecule has 1 atom stereocenters. The van der Waals surface area contributed by atoms with E-state index < -0.39 is 0 Å². The van der Waals surface area contributed by atoms with Crippen molar-refractivity contribution in [1.82, 2.24) is 0 Å². The quantitative estimate of drug-likeness (QED) is 0.577. The number of aliphatic hydroxyl groups excluding tert-OH is 1. The van der Waals surface area contributed by atoms with Crippen LogP contribution in [0.15, 0.2) is 0 Å². The molecule has 0 aliphatic heterocycles. The van der Waals surface area contributed by atoms with Crippen molar-refractivity contribution in [2.75, 3.05) is 13.7 Å². The van der Waals surface area contributed by atoms with E-state index in [-0.39, 0.29) is 12.7 Å². The van der Waals surface area contributed by atoms with Crippen LogP contribution in [0.5, 0.6) is 0 Å². The van der Waals surface area contributed by atoms with E-state index in [1.165, 1.54) is 19.3 Å². The number of ether oxygens (including phenoxy) is 1. The SMILES string of the molecule is CCCCCC(CCO)OC. The van der Waals surface area contributed by atoms with Gasteiger partial charge in [0.15, 0.2) is 0 Å². The Morgan fingerprint density at radius 3 is 2.45 bits per heavy atom. The van der Waals surface area contributed by atoms with Gasteiger partial charge in [-0.05, 0) is 12.8 Å². The molecule has 0 saturated carbocycles. The molecule has 1 N–H and O–H groups in total. The molecule has 0 aliphatic carbocycles. The van der Waals surface area contributed by atoms with Gasteiger partial charge in [0.2, 0.25) is 0 Å². The first-order valence-corrected chi connectivity index (χ1v) is 4.48. The van der Waals surface area contributed by atoms with Gasteiger partial charge in [-0.25, -0.2) is 0 Å². The molecule has 0 radical (unpaired) electrons. The van der Waals surface area contributed by atoms with Crippen LogP contribution in [0, 0.1) is 0 Å². The van der Waals surface area contributed by atoms with Crippen molar-refractivity contribution in [3.8, 4) is 0 Å². The zero-order chi connectivity index (χ0) is 8.53. The smallest absolute Gasteiger partial charge is 0.0593 e. The Bertz CT molecular complexity index is 74.0. The highest BCUT2D eigenvalue weighted by Crippen LogP contribution is 2.08. The zero-order valence-electron chi connectivity index (χ0n) is 7.68. The van der Waals surface area contributed by atoms with Crippen molar-refractivity contribution in [1.29, 1.82) is 0 Å². The number of hydrogen-bond acceptors (Lipinski definition) is 2. The lowest BCUT2D eigenvalue weighted by atomic mass is 10.1. The normalized spacial score (nSPS) is 13.4. The lowest BCUT2D eigenvalue weighted by molar-refractivity contribution is 0.0692. The highest BCUT2D eigenvalue weighted by molar-refractivity contribution is 4.56. The summed E-state index contributed by atoms with van der Waals surface area (Å²) in [6.07, 6.45) is 5.87. The Kier molecular flexibility index (Phi) is 7.96. The van der Waals surface area contributed by atoms with Gasteiger partial charge in [0.1, 0.15) is 0 Å². The number of rotatable bonds is 7. The van der Waals surface area contributed by atoms with Gasteiger partial charge in [-0.1, -0.05) is 26.2 Å². The largest absolute Gasteiger partial charge is 0.396 e. The molecular weight excluding hydrogens is 140 g/mol. The minimum Gasteiger partial charge on any atom is -0.396 e. The van der Waals surface area contributed by atoms with E-state index in [1.54, 1.807) is 7.11 Å². The van der Waals surface area contributed by atoms with Crippen molar-refractivity contribution in [3.05, 3.63) is 0 Å². The van der Waals surface area contributed by atoms with Gasteiger partial charge in [-0.15, -0.1) is 0 Å². The predicted octanol–water partition coefficient (Wildman–Crippen LogP) is 1.96. The summed E-state index contributed by atoms with van der Waals surface area (Å²) in [6, 6.07) is 0. The van der Waals surface area contributed by atoms with E-state index in [1.807, 2.05) is 0 Å². The summed E-state index contributed by atoms with van der Waals surface area (Å²) in [4.78, 5) is 0. The first-order valence-electron chi connectivity index (χ1n) is 4.48. The molecule has 0 amide bonds. The molecule has 11 heavy (non-hydrogen) atoms. The average Bonchev–Trinajstić information content (AvgIpc) is 2.03. The molecule has 0 aliphatic rings. The standard InChI is InChI=1S/C9H20O2/c1-3-4-5-6-9(11-2)7-8-10/h9-10H,3-8H2,1-2H3. The number of unbranched alkanes of at least 4 members (excludes halogenated alkanes) is 2. The predicted molar refractivity (Wildman–Crippen MR) is 46.6 cm³/mol. The number of methoxy groups -OCH3 is 1. The van der Waals surface area contributed by atoms with E-state index >= 15 is 0 Å². The van der Waals surface area contributed by atoms with Crippen molar-refractivity contribution < 1.29 is 9.84 Å². The maximum Gasteiger partial charge on any atom is 0.0593 e. The van der Waals surface area contributed by atoms with Crippen molar-refractivity contribution in [2.24, 2.45) is 0 Å². The summed E-state index contributed by atoms with van der Waals surface area (Å²) in [6.45, 7) is 2.43. The molecule has 0 aromatic carbocycles. The molecule has 2 nitrogen and oxygen atoms in total. The topological polar surface area (TPSA) is 29.5 Å². The zero-order valence-corrected chi connectivity index (χ0v) is 7.68. The van der Waals surface area contributed by atoms with Crippen molar-refractivity contribution in [3.63, 3.8) is 0 Å². The Balaban J connectivity index is 3.20. The third kappa shape index (κ3) is 6.32. The molecule has 1 unspecified atom stereocenters. The second-order valence-electron chi connectivity index (χ2n) is 2.87. The Morgan fingerprint density at radius 2 is 2.00 bits per heavy atom. The van der Waals surface area contributed by atoms with Gasteiger partial charge in [0.05, 0.1) is 6.10 Å². The summed E-state index contributed by atoms with van der Waals surface area (Å²) in [5, 5.41) is 8.64. The van der Waals surface area contributed by atoms with Crippen molar-refractivity contribution in [2.45, 2.75) is 45.1 Å². The lowest BCUT2D eigenvalue weighted by Crippen LogP contribution is -2.12. The highest BCUT2D eigenvalue weighted by Gasteiger charge is 2.04. The fraction of sp³-hybridized carbons (Fsp3) is 1.00. The van der Waals surface area contributed by atoms with Crippen LogP contribution in [-0.4, -0.2) is 24.9 Å². The van der Waals surface area contributed by atoms with Crippen LogP contribution in [0.4, 0.5) is 0 Å². The highest BCUT2D eigenvalue weighted by atomic mass is 16.5. The van der Waals surface area contributed by atoms with Gasteiger partial charge in [0, 0.05) is 13.7 Å². The maximum absolute atomic E-state index is 8.64. The van der Waals surface area contributed by atoms with Gasteiger partial charge in [-0.2, -0.15) is 0 Å². The van der Waals surface area contributed by atoms with Crippen LogP contribution < -0.4 is 0 Å². The van der Waals surface area contributed by atoms with E-state index in [2.05, 4.69) is 6.92 Å². The van der Waals surface area contributed by atoms with Crippen LogP contribution >= 0.6 is 0 Å². The third-order valence-corrected chi connectivity index (χ3v) is 1.91. The summed E-state index contributed by atoms with van der Waals surface area (Å²) < 4.78 is 5.18. The molecule has 0 spiro atoms. The molecular formula is C9H20O2. The van der Waals surface area contributed by atoms with E-state index in [0.29, 0.717) is 0 Å². The Hall–Kier alpha value is -0.0800. The molecule has 0 rings (SSSR count). The molecule has 2 heteroatoms. The van der Waals surface area contributed by atoms with Gasteiger partial charge in [-0.3, -0.25) is 0 Å². The van der Waals surface area contributed by atoms with Crippen molar-refractivity contribution >= 4 is 0 Å². The van der Waals surface area contributed by atoms with Gasteiger partial charge in [0.25, 0.3) is 0 Å². The number of aliphatic hydroxyl groups is 1. The molecule has 0 heterocycles. The fourth-order valence-electron chi connectivity index (χ4n) is 1.15. The Morgan fingerprint density at radius 1 is 1.27 bits per heavy atom. The molecule has 0 fully saturated rings. The summed E-state index contributed by atoms with van der Waals surface area (Å²) in [7, 11) is 1.71. The maximum atomic E-state index is 8.64. The second kappa shape index (κ2) is 8.02. The summed E-state index contributed by atoms with van der Waals surface area (Å²) >= 11 is 0. The van der Waals surface area contributed by atoms with Gasteiger partial charge >= 0.3 is 0 Å². The monoisotopic (exact) mass is 160 g/mol. The van der Waals surface area contributed by atoms with Crippen LogP contribution in [0.2, 0.25) is 0 Å². The van der Waals surface area contributed by atoms with Crippen LogP contribution in [0.1, 0.15) is 39.0 Å². The second-order valence-corrected chi connectivity index (χ2v) is 2.87. The minimum atomic E-state index is 0.241. The molecule has 0 saturated heterocycles. The lowest BCUT2D eigenvalue weighted by Gasteiger charge is -2.12. The molecule has 0 bridgehead atoms. The summed E-state index contributed by atoms with van der Waals surface area (Å²) in [5.41, 5.74) is 0. The average molecular weight is 160 g/mol. The van der Waals surface area contributed by atoms with Crippen LogP contribution in [0.3, 0.4) is 0 Å². The van der Waals surface area contributed by atoms with E-state index in [0.717, 1.165) is 12.8 Å². The number of hydrogen-bond donors (Lipinski definition) is 1. The molecule has 68 valence electrons. The minimum absolute atomic E-state index is 0.241. The van der Waals surface area contributed by atoms with E-state index in [9.17, 15) is 0 Å². The fourth-order valence-corrected chi connectivity index (χ4v) is 1.15. The van der Waals surface area contributed by atoms with Crippen LogP contribution in [-0.2, 0) is 4.74 Å². The molecule has 0 aromatic heterocycles. The summed E-state index contributed by atoms with van der Waals surface area (Å²) in [5.74, 6) is 0. The first-order chi connectivity index (χ1) is 5.35. The van der Waals surface area contributed by atoms with Gasteiger partial charge < -0.3 is 9.84 Å². The molecule has 0 aromatic rings. The Labute approximate surface area is 69.6 Å².